The number of nitrogens with one attached hydrogen (secondary N) is 1. The predicted octanol–water partition coefficient (Wildman–Crippen LogP) is 5.35. The lowest BCUT2D eigenvalue weighted by Gasteiger charge is -2.33. The third-order valence-electron chi connectivity index (χ3n) is 2.98. The van der Waals surface area contributed by atoms with Gasteiger partial charge < -0.3 is 5.32 Å². The van der Waals surface area contributed by atoms with Crippen LogP contribution in [0.15, 0.2) is 30.3 Å². The largest absolute Gasteiger partial charge is 0.460 e. The van der Waals surface area contributed by atoms with E-state index in [1.165, 1.54) is 12.1 Å². The van der Waals surface area contributed by atoms with Gasteiger partial charge in [-0.25, -0.2) is 0 Å². The number of anilines is 1. The topological polar surface area (TPSA) is 12.0 Å². The number of hydrogen-bond donors (Lipinski definition) is 1. The Bertz CT molecular complexity index is 496. The average molecular weight is 353 g/mol. The molecule has 0 aliphatic rings. The molecule has 10 heteroatoms. The number of alkyl halides is 9. The highest BCUT2D eigenvalue weighted by Crippen LogP contribution is 2.54. The maximum absolute atomic E-state index is 13.2. The summed E-state index contributed by atoms with van der Waals surface area (Å²) in [6.45, 7) is -0.298. The zero-order chi connectivity index (χ0) is 17.9. The molecule has 132 valence electrons. The summed E-state index contributed by atoms with van der Waals surface area (Å²) >= 11 is 0. The van der Waals surface area contributed by atoms with Crippen molar-refractivity contribution >= 4 is 5.69 Å². The molecule has 1 aromatic rings. The number of benzene rings is 1. The lowest BCUT2D eigenvalue weighted by Crippen LogP contribution is -2.60. The molecule has 0 radical (unpaired) electrons. The van der Waals surface area contributed by atoms with Crippen molar-refractivity contribution in [1.29, 1.82) is 0 Å². The normalized spacial score (nSPS) is 14.0. The molecule has 0 amide bonds. The van der Waals surface area contributed by atoms with Gasteiger partial charge in [-0.1, -0.05) is 18.2 Å². The number of para-hydroxylation sites is 1. The molecule has 0 unspecified atom stereocenters. The summed E-state index contributed by atoms with van der Waals surface area (Å²) in [6, 6.07) is 7.90. The lowest BCUT2D eigenvalue weighted by atomic mass is 9.99. The van der Waals surface area contributed by atoms with Crippen molar-refractivity contribution in [2.75, 3.05) is 11.9 Å². The van der Waals surface area contributed by atoms with Crippen molar-refractivity contribution in [1.82, 2.24) is 0 Å². The van der Waals surface area contributed by atoms with Crippen molar-refractivity contribution in [3.8, 4) is 0 Å². The van der Waals surface area contributed by atoms with E-state index in [0.717, 1.165) is 0 Å². The molecular formula is C13H12F9N. The molecule has 0 saturated heterocycles. The van der Waals surface area contributed by atoms with Gasteiger partial charge in [0.2, 0.25) is 0 Å². The predicted molar refractivity (Wildman–Crippen MR) is 65.1 cm³/mol. The van der Waals surface area contributed by atoms with E-state index in [2.05, 4.69) is 5.32 Å². The van der Waals surface area contributed by atoms with Crippen LogP contribution in [0.5, 0.6) is 0 Å². The molecule has 0 atom stereocenters. The van der Waals surface area contributed by atoms with Crippen LogP contribution in [-0.2, 0) is 0 Å². The van der Waals surface area contributed by atoms with E-state index >= 15 is 0 Å². The Balaban J connectivity index is 2.67. The molecule has 1 rings (SSSR count). The fourth-order valence-corrected chi connectivity index (χ4v) is 1.66. The third kappa shape index (κ3) is 4.03. The van der Waals surface area contributed by atoms with E-state index in [-0.39, 0.29) is 6.54 Å². The van der Waals surface area contributed by atoms with Crippen LogP contribution in [0.2, 0.25) is 0 Å². The highest BCUT2D eigenvalue weighted by molar-refractivity contribution is 5.42. The summed E-state index contributed by atoms with van der Waals surface area (Å²) in [5.41, 5.74) is 0.461. The summed E-state index contributed by atoms with van der Waals surface area (Å²) in [7, 11) is 0. The Labute approximate surface area is 125 Å². The van der Waals surface area contributed by atoms with Crippen LogP contribution in [0.1, 0.15) is 12.8 Å². The third-order valence-corrected chi connectivity index (χ3v) is 2.98. The van der Waals surface area contributed by atoms with Gasteiger partial charge in [-0.3, -0.25) is 0 Å². The Morgan fingerprint density at radius 2 is 1.26 bits per heavy atom. The first-order chi connectivity index (χ1) is 10.3. The molecule has 0 aliphatic heterocycles. The minimum atomic E-state index is -6.82. The van der Waals surface area contributed by atoms with E-state index in [0.29, 0.717) is 5.69 Å². The molecule has 0 bridgehead atoms. The molecule has 1 nitrogen and oxygen atoms in total. The van der Waals surface area contributed by atoms with Crippen LogP contribution in [0.3, 0.4) is 0 Å². The first kappa shape index (κ1) is 19.4. The summed E-state index contributed by atoms with van der Waals surface area (Å²) in [6.07, 6.45) is -9.33. The lowest BCUT2D eigenvalue weighted by molar-refractivity contribution is -0.396. The molecule has 0 heterocycles. The molecular weight excluding hydrogens is 341 g/mol. The number of hydrogen-bond acceptors (Lipinski definition) is 1. The van der Waals surface area contributed by atoms with Crippen molar-refractivity contribution in [2.24, 2.45) is 0 Å². The van der Waals surface area contributed by atoms with Gasteiger partial charge in [0, 0.05) is 18.7 Å². The maximum atomic E-state index is 13.2. The fraction of sp³-hybridized carbons (Fsp3) is 0.538. The van der Waals surface area contributed by atoms with Gasteiger partial charge >= 0.3 is 23.9 Å². The minimum absolute atomic E-state index is 0.298. The summed E-state index contributed by atoms with van der Waals surface area (Å²) < 4.78 is 113. The number of halogens is 9. The van der Waals surface area contributed by atoms with Crippen molar-refractivity contribution in [3.05, 3.63) is 30.3 Å². The maximum Gasteiger partial charge on any atom is 0.460 e. The zero-order valence-electron chi connectivity index (χ0n) is 11.4. The Kier molecular flexibility index (Phi) is 5.48. The summed E-state index contributed by atoms with van der Waals surface area (Å²) in [5, 5.41) is 2.55. The molecule has 1 N–H and O–H groups in total. The Morgan fingerprint density at radius 1 is 0.739 bits per heavy atom. The van der Waals surface area contributed by atoms with Gasteiger partial charge in [0.05, 0.1) is 0 Å². The van der Waals surface area contributed by atoms with E-state index < -0.39 is 36.8 Å². The smallest absolute Gasteiger partial charge is 0.385 e. The highest BCUT2D eigenvalue weighted by Gasteiger charge is 2.81. The summed E-state index contributed by atoms with van der Waals surface area (Å²) in [4.78, 5) is 0. The quantitative estimate of drug-likeness (QED) is 0.515. The SMILES string of the molecule is FC(F)(F)C(F)(F)C(F)(F)C(F)(F)CCCNc1ccccc1. The average Bonchev–Trinajstić information content (AvgIpc) is 2.43. The molecule has 23 heavy (non-hydrogen) atoms. The Morgan fingerprint density at radius 3 is 1.74 bits per heavy atom. The standard InChI is InChI=1S/C13H12F9N/c14-10(15,11(16,17)12(18,19)13(20,21)22)7-4-8-23-9-5-2-1-3-6-9/h1-3,5-6,23H,4,7-8H2. The van der Waals surface area contributed by atoms with Crippen LogP contribution in [-0.4, -0.2) is 30.5 Å². The van der Waals surface area contributed by atoms with Crippen molar-refractivity contribution in [2.45, 2.75) is 36.8 Å². The monoisotopic (exact) mass is 353 g/mol. The fourth-order valence-electron chi connectivity index (χ4n) is 1.66. The molecule has 0 fully saturated rings. The van der Waals surface area contributed by atoms with Gasteiger partial charge in [0.1, 0.15) is 0 Å². The van der Waals surface area contributed by atoms with Gasteiger partial charge in [0.25, 0.3) is 0 Å². The van der Waals surface area contributed by atoms with E-state index in [1.54, 1.807) is 18.2 Å². The second-order valence-corrected chi connectivity index (χ2v) is 4.75. The molecule has 1 aromatic carbocycles. The van der Waals surface area contributed by atoms with E-state index in [1.807, 2.05) is 0 Å². The zero-order valence-corrected chi connectivity index (χ0v) is 11.4. The van der Waals surface area contributed by atoms with E-state index in [9.17, 15) is 39.5 Å². The minimum Gasteiger partial charge on any atom is -0.385 e. The van der Waals surface area contributed by atoms with Gasteiger partial charge in [-0.15, -0.1) is 0 Å². The van der Waals surface area contributed by atoms with Crippen molar-refractivity contribution < 1.29 is 39.5 Å². The first-order valence-electron chi connectivity index (χ1n) is 6.32. The van der Waals surface area contributed by atoms with Gasteiger partial charge in [-0.05, 0) is 18.6 Å². The van der Waals surface area contributed by atoms with Crippen molar-refractivity contribution in [3.63, 3.8) is 0 Å². The molecule has 0 saturated carbocycles. The van der Waals surface area contributed by atoms with Crippen LogP contribution >= 0.6 is 0 Å². The highest BCUT2D eigenvalue weighted by atomic mass is 19.4. The van der Waals surface area contributed by atoms with Crippen LogP contribution in [0, 0.1) is 0 Å². The summed E-state index contributed by atoms with van der Waals surface area (Å²) in [5.74, 6) is -18.9. The second-order valence-electron chi connectivity index (χ2n) is 4.75. The Hall–Kier alpha value is -1.61. The van der Waals surface area contributed by atoms with Crippen LogP contribution in [0.25, 0.3) is 0 Å². The van der Waals surface area contributed by atoms with Gasteiger partial charge in [-0.2, -0.15) is 39.5 Å². The molecule has 0 aliphatic carbocycles. The van der Waals surface area contributed by atoms with Crippen LogP contribution < -0.4 is 5.32 Å². The number of rotatable bonds is 7. The van der Waals surface area contributed by atoms with E-state index in [4.69, 9.17) is 0 Å². The molecule has 0 spiro atoms. The van der Waals surface area contributed by atoms with Gasteiger partial charge in [0.15, 0.2) is 0 Å². The first-order valence-corrected chi connectivity index (χ1v) is 6.32. The molecule has 0 aromatic heterocycles. The van der Waals surface area contributed by atoms with Crippen LogP contribution in [0.4, 0.5) is 45.2 Å². The second kappa shape index (κ2) is 6.48.